The molecular formula is C12H22N2O3. The molecule has 0 saturated heterocycles. The Balaban J connectivity index is 2.42. The van der Waals surface area contributed by atoms with Crippen molar-refractivity contribution in [3.05, 3.63) is 0 Å². The lowest BCUT2D eigenvalue weighted by molar-refractivity contribution is -0.142. The summed E-state index contributed by atoms with van der Waals surface area (Å²) < 4.78 is 0. The first-order chi connectivity index (χ1) is 7.89. The van der Waals surface area contributed by atoms with Gasteiger partial charge in [-0.25, -0.2) is 0 Å². The van der Waals surface area contributed by atoms with E-state index in [2.05, 4.69) is 5.32 Å². The van der Waals surface area contributed by atoms with E-state index in [1.54, 1.807) is 6.92 Å². The number of carbonyl (C=O) groups is 2. The minimum absolute atomic E-state index is 0.168. The fourth-order valence-electron chi connectivity index (χ4n) is 1.94. The van der Waals surface area contributed by atoms with E-state index in [0.717, 1.165) is 19.3 Å². The monoisotopic (exact) mass is 242 g/mol. The summed E-state index contributed by atoms with van der Waals surface area (Å²) in [6, 6.07) is 0. The summed E-state index contributed by atoms with van der Waals surface area (Å²) in [4.78, 5) is 22.8. The van der Waals surface area contributed by atoms with Crippen LogP contribution in [0.3, 0.4) is 0 Å². The van der Waals surface area contributed by atoms with Crippen LogP contribution in [0.5, 0.6) is 0 Å². The maximum Gasteiger partial charge on any atom is 0.308 e. The van der Waals surface area contributed by atoms with Crippen LogP contribution in [-0.4, -0.2) is 29.1 Å². The molecule has 0 radical (unpaired) electrons. The zero-order valence-corrected chi connectivity index (χ0v) is 10.5. The maximum atomic E-state index is 11.8. The molecule has 1 aliphatic rings. The summed E-state index contributed by atoms with van der Waals surface area (Å²) in [5.74, 6) is -1.37. The summed E-state index contributed by atoms with van der Waals surface area (Å²) in [7, 11) is 0. The van der Waals surface area contributed by atoms with Crippen LogP contribution in [0.25, 0.3) is 0 Å². The van der Waals surface area contributed by atoms with Gasteiger partial charge in [-0.3, -0.25) is 9.59 Å². The molecule has 1 rings (SSSR count). The molecule has 1 aliphatic carbocycles. The molecule has 0 aliphatic heterocycles. The van der Waals surface area contributed by atoms with Crippen molar-refractivity contribution >= 4 is 11.9 Å². The number of carbonyl (C=O) groups excluding carboxylic acids is 1. The molecule has 1 amide bonds. The molecule has 0 bridgehead atoms. The van der Waals surface area contributed by atoms with E-state index < -0.39 is 17.4 Å². The molecule has 98 valence electrons. The number of carboxylic acid groups (broad SMARTS) is 1. The SMILES string of the molecule is CCCC(CNC(=O)C(C)(N)C1CC1)C(=O)O. The second-order valence-corrected chi connectivity index (χ2v) is 5.09. The maximum absolute atomic E-state index is 11.8. The van der Waals surface area contributed by atoms with Crippen LogP contribution in [0.2, 0.25) is 0 Å². The number of hydrogen-bond acceptors (Lipinski definition) is 3. The van der Waals surface area contributed by atoms with Gasteiger partial charge in [0.25, 0.3) is 0 Å². The Morgan fingerprint density at radius 3 is 2.53 bits per heavy atom. The fourth-order valence-corrected chi connectivity index (χ4v) is 1.94. The number of carboxylic acids is 1. The topological polar surface area (TPSA) is 92.4 Å². The Bertz CT molecular complexity index is 298. The van der Waals surface area contributed by atoms with Crippen molar-refractivity contribution in [2.75, 3.05) is 6.54 Å². The van der Waals surface area contributed by atoms with Gasteiger partial charge in [0.1, 0.15) is 0 Å². The third-order valence-corrected chi connectivity index (χ3v) is 3.41. The average molecular weight is 242 g/mol. The lowest BCUT2D eigenvalue weighted by Gasteiger charge is -2.24. The van der Waals surface area contributed by atoms with Crippen molar-refractivity contribution in [2.24, 2.45) is 17.6 Å². The summed E-state index contributed by atoms with van der Waals surface area (Å²) in [5, 5.41) is 11.6. The van der Waals surface area contributed by atoms with E-state index >= 15 is 0 Å². The molecule has 4 N–H and O–H groups in total. The Morgan fingerprint density at radius 1 is 1.53 bits per heavy atom. The summed E-state index contributed by atoms with van der Waals surface area (Å²) >= 11 is 0. The number of nitrogens with one attached hydrogen (secondary N) is 1. The van der Waals surface area contributed by atoms with Crippen LogP contribution in [-0.2, 0) is 9.59 Å². The lowest BCUT2D eigenvalue weighted by Crippen LogP contribution is -2.54. The smallest absolute Gasteiger partial charge is 0.308 e. The molecule has 2 atom stereocenters. The average Bonchev–Trinajstić information content (AvgIpc) is 3.06. The lowest BCUT2D eigenvalue weighted by atomic mass is 9.95. The van der Waals surface area contributed by atoms with Gasteiger partial charge < -0.3 is 16.2 Å². The van der Waals surface area contributed by atoms with E-state index in [1.807, 2.05) is 6.92 Å². The first-order valence-electron chi connectivity index (χ1n) is 6.19. The highest BCUT2D eigenvalue weighted by atomic mass is 16.4. The molecule has 0 spiro atoms. The Kier molecular flexibility index (Phi) is 4.51. The third kappa shape index (κ3) is 3.70. The Morgan fingerprint density at radius 2 is 2.12 bits per heavy atom. The molecule has 5 nitrogen and oxygen atoms in total. The van der Waals surface area contributed by atoms with Gasteiger partial charge in [-0.05, 0) is 32.1 Å². The molecular weight excluding hydrogens is 220 g/mol. The Labute approximate surface area is 102 Å². The summed E-state index contributed by atoms with van der Waals surface area (Å²) in [6.07, 6.45) is 3.32. The molecule has 5 heteroatoms. The van der Waals surface area contributed by atoms with Gasteiger partial charge in [-0.15, -0.1) is 0 Å². The van der Waals surface area contributed by atoms with Crippen LogP contribution >= 0.6 is 0 Å². The van der Waals surface area contributed by atoms with Gasteiger partial charge in [-0.2, -0.15) is 0 Å². The molecule has 0 aromatic carbocycles. The second-order valence-electron chi connectivity index (χ2n) is 5.09. The van der Waals surface area contributed by atoms with E-state index in [4.69, 9.17) is 10.8 Å². The highest BCUT2D eigenvalue weighted by Crippen LogP contribution is 2.38. The van der Waals surface area contributed by atoms with Crippen LogP contribution in [0.4, 0.5) is 0 Å². The van der Waals surface area contributed by atoms with E-state index in [-0.39, 0.29) is 18.4 Å². The van der Waals surface area contributed by atoms with Gasteiger partial charge in [-0.1, -0.05) is 13.3 Å². The van der Waals surface area contributed by atoms with Crippen LogP contribution in [0.15, 0.2) is 0 Å². The minimum atomic E-state index is -0.864. The van der Waals surface area contributed by atoms with Gasteiger partial charge in [0.05, 0.1) is 11.5 Å². The quantitative estimate of drug-likeness (QED) is 0.613. The first-order valence-corrected chi connectivity index (χ1v) is 6.19. The van der Waals surface area contributed by atoms with E-state index in [9.17, 15) is 9.59 Å². The Hall–Kier alpha value is -1.10. The van der Waals surface area contributed by atoms with Gasteiger partial charge in [0, 0.05) is 6.54 Å². The van der Waals surface area contributed by atoms with Crippen molar-refractivity contribution in [1.82, 2.24) is 5.32 Å². The van der Waals surface area contributed by atoms with Crippen LogP contribution in [0, 0.1) is 11.8 Å². The molecule has 0 heterocycles. The van der Waals surface area contributed by atoms with E-state index in [0.29, 0.717) is 6.42 Å². The first kappa shape index (κ1) is 14.0. The number of amides is 1. The van der Waals surface area contributed by atoms with Gasteiger partial charge >= 0.3 is 5.97 Å². The van der Waals surface area contributed by atoms with Gasteiger partial charge in [0.2, 0.25) is 5.91 Å². The fraction of sp³-hybridized carbons (Fsp3) is 0.833. The standard InChI is InChI=1S/C12H22N2O3/c1-3-4-8(10(15)16)7-14-11(17)12(2,13)9-5-6-9/h8-9H,3-7,13H2,1-2H3,(H,14,17)(H,15,16). The molecule has 1 fully saturated rings. The molecule has 0 aromatic rings. The molecule has 0 aromatic heterocycles. The molecule has 17 heavy (non-hydrogen) atoms. The van der Waals surface area contributed by atoms with Crippen molar-refractivity contribution < 1.29 is 14.7 Å². The minimum Gasteiger partial charge on any atom is -0.481 e. The van der Waals surface area contributed by atoms with Crippen molar-refractivity contribution in [1.29, 1.82) is 0 Å². The van der Waals surface area contributed by atoms with Crippen molar-refractivity contribution in [2.45, 2.75) is 45.1 Å². The zero-order valence-electron chi connectivity index (χ0n) is 10.5. The highest BCUT2D eigenvalue weighted by Gasteiger charge is 2.44. The predicted molar refractivity (Wildman–Crippen MR) is 64.4 cm³/mol. The number of rotatable bonds is 7. The number of nitrogens with two attached hydrogens (primary N) is 1. The summed E-state index contributed by atoms with van der Waals surface area (Å²) in [6.45, 7) is 3.81. The van der Waals surface area contributed by atoms with Crippen molar-refractivity contribution in [3.63, 3.8) is 0 Å². The van der Waals surface area contributed by atoms with Crippen LogP contribution < -0.4 is 11.1 Å². The van der Waals surface area contributed by atoms with E-state index in [1.165, 1.54) is 0 Å². The predicted octanol–water partition coefficient (Wildman–Crippen LogP) is 0.731. The largest absolute Gasteiger partial charge is 0.481 e. The highest BCUT2D eigenvalue weighted by molar-refractivity contribution is 5.86. The second kappa shape index (κ2) is 5.49. The van der Waals surface area contributed by atoms with Crippen LogP contribution in [0.1, 0.15) is 39.5 Å². The normalized spacial score (nSPS) is 20.4. The molecule has 2 unspecified atom stereocenters. The summed E-state index contributed by atoms with van der Waals surface area (Å²) in [5.41, 5.74) is 5.09. The third-order valence-electron chi connectivity index (χ3n) is 3.41. The molecule has 1 saturated carbocycles. The number of aliphatic carboxylic acids is 1. The van der Waals surface area contributed by atoms with Crippen molar-refractivity contribution in [3.8, 4) is 0 Å². The number of hydrogen-bond donors (Lipinski definition) is 3. The zero-order chi connectivity index (χ0) is 13.1. The van der Waals surface area contributed by atoms with Gasteiger partial charge in [0.15, 0.2) is 0 Å².